The number of Topliss-reactive ketones (excluding diaryl/α,β-unsaturated/α-hetero) is 1. The van der Waals surface area contributed by atoms with Crippen molar-refractivity contribution in [3.63, 3.8) is 0 Å². The second-order valence-electron chi connectivity index (χ2n) is 12.9. The van der Waals surface area contributed by atoms with Gasteiger partial charge in [0.1, 0.15) is 5.78 Å². The quantitative estimate of drug-likeness (QED) is 0.487. The molecule has 3 nitrogen and oxygen atoms in total. The van der Waals surface area contributed by atoms with Crippen LogP contribution in [0.5, 0.6) is 0 Å². The summed E-state index contributed by atoms with van der Waals surface area (Å²) in [5.74, 6) is 5.23. The number of ether oxygens (including phenoxy) is 2. The van der Waals surface area contributed by atoms with Crippen molar-refractivity contribution >= 4 is 5.78 Å². The first kappa shape index (κ1) is 20.2. The molecule has 2 aliphatic heterocycles. The van der Waals surface area contributed by atoms with Crippen molar-refractivity contribution in [3.8, 4) is 0 Å². The Morgan fingerprint density at radius 1 is 0.933 bits per heavy atom. The molecule has 9 unspecified atom stereocenters. The first-order valence-electron chi connectivity index (χ1n) is 13.1. The van der Waals surface area contributed by atoms with Crippen LogP contribution in [0.1, 0.15) is 91.9 Å². The van der Waals surface area contributed by atoms with E-state index in [4.69, 9.17) is 9.47 Å². The van der Waals surface area contributed by atoms with Crippen molar-refractivity contribution in [3.05, 3.63) is 0 Å². The highest BCUT2D eigenvalue weighted by Gasteiger charge is 2.69. The molecule has 2 saturated heterocycles. The molecule has 6 fully saturated rings. The van der Waals surface area contributed by atoms with E-state index in [1.54, 1.807) is 0 Å². The van der Waals surface area contributed by atoms with E-state index in [0.717, 1.165) is 50.0 Å². The molecule has 0 amide bonds. The highest BCUT2D eigenvalue weighted by molar-refractivity contribution is 5.79. The maximum absolute atomic E-state index is 12.2. The average molecular weight is 415 g/mol. The van der Waals surface area contributed by atoms with Crippen molar-refractivity contribution in [1.82, 2.24) is 0 Å². The second kappa shape index (κ2) is 6.56. The summed E-state index contributed by atoms with van der Waals surface area (Å²) in [7, 11) is 0. The second-order valence-corrected chi connectivity index (χ2v) is 12.9. The molecule has 0 radical (unpaired) electrons. The number of hydrogen-bond acceptors (Lipinski definition) is 3. The van der Waals surface area contributed by atoms with Gasteiger partial charge in [-0.1, -0.05) is 27.7 Å². The fourth-order valence-electron chi connectivity index (χ4n) is 10.1. The van der Waals surface area contributed by atoms with Crippen molar-refractivity contribution in [2.24, 2.45) is 52.3 Å². The average Bonchev–Trinajstić information content (AvgIpc) is 3.16. The third-order valence-corrected chi connectivity index (χ3v) is 11.7. The standard InChI is InChI=1S/C27H42O3/c1-16-7-12-27(29-15-16)17(2)24-23(30-27)14-22-20-6-5-18-13-19(28)8-10-25(18,3)21(20)9-11-26(22,24)4/h16-18,20-24H,5-15H2,1-4H3/t16?,17-,18?,20?,21?,22?,23?,24?,25?,26?,27+/m0/s1. The maximum Gasteiger partial charge on any atom is 0.171 e. The van der Waals surface area contributed by atoms with E-state index in [-0.39, 0.29) is 5.79 Å². The fraction of sp³-hybridized carbons (Fsp3) is 0.963. The minimum atomic E-state index is -0.292. The van der Waals surface area contributed by atoms with E-state index >= 15 is 0 Å². The summed E-state index contributed by atoms with van der Waals surface area (Å²) in [6.07, 6.45) is 12.2. The minimum Gasteiger partial charge on any atom is -0.349 e. The van der Waals surface area contributed by atoms with Gasteiger partial charge in [0.2, 0.25) is 0 Å². The van der Waals surface area contributed by atoms with E-state index in [2.05, 4.69) is 27.7 Å². The lowest BCUT2D eigenvalue weighted by molar-refractivity contribution is -0.273. The molecule has 2 heterocycles. The molecule has 0 aromatic heterocycles. The van der Waals surface area contributed by atoms with Gasteiger partial charge in [-0.05, 0) is 91.3 Å². The number of rotatable bonds is 0. The van der Waals surface area contributed by atoms with Crippen LogP contribution in [0.25, 0.3) is 0 Å². The Balaban J connectivity index is 1.26. The van der Waals surface area contributed by atoms with Crippen LogP contribution in [0, 0.1) is 52.3 Å². The van der Waals surface area contributed by atoms with Gasteiger partial charge in [-0.2, -0.15) is 0 Å². The van der Waals surface area contributed by atoms with Crippen LogP contribution < -0.4 is 0 Å². The Bertz CT molecular complexity index is 724. The van der Waals surface area contributed by atoms with Crippen molar-refractivity contribution < 1.29 is 14.3 Å². The summed E-state index contributed by atoms with van der Waals surface area (Å²) in [5.41, 5.74) is 0.820. The van der Waals surface area contributed by atoms with E-state index in [0.29, 0.717) is 46.4 Å². The SMILES string of the molecule is CC1CC[C@@]2(OC1)OC1CC3C4CCC5CC(=O)CCC5(C)C4CCC3(C)C1[C@@H]2C. The van der Waals surface area contributed by atoms with Gasteiger partial charge in [0.15, 0.2) is 5.79 Å². The molecule has 3 heteroatoms. The molecule has 6 aliphatic rings. The Kier molecular flexibility index (Phi) is 4.42. The van der Waals surface area contributed by atoms with Crippen LogP contribution in [-0.4, -0.2) is 24.3 Å². The summed E-state index contributed by atoms with van der Waals surface area (Å²) in [6.45, 7) is 10.8. The van der Waals surface area contributed by atoms with Gasteiger partial charge in [0, 0.05) is 25.2 Å². The lowest BCUT2D eigenvalue weighted by atomic mass is 9.44. The van der Waals surface area contributed by atoms with Gasteiger partial charge >= 0.3 is 0 Å². The normalized spacial score (nSPS) is 60.1. The number of carbonyl (C=O) groups is 1. The number of ketones is 1. The largest absolute Gasteiger partial charge is 0.349 e. The molecule has 1 spiro atoms. The third-order valence-electron chi connectivity index (χ3n) is 11.7. The number of carbonyl (C=O) groups excluding carboxylic acids is 1. The molecule has 6 rings (SSSR count). The van der Waals surface area contributed by atoms with Crippen molar-refractivity contribution in [1.29, 1.82) is 0 Å². The summed E-state index contributed by atoms with van der Waals surface area (Å²) < 4.78 is 13.4. The minimum absolute atomic E-state index is 0.292. The number of hydrogen-bond donors (Lipinski definition) is 0. The Morgan fingerprint density at radius 2 is 1.77 bits per heavy atom. The summed E-state index contributed by atoms with van der Waals surface area (Å²) >= 11 is 0. The molecule has 0 aromatic rings. The molecule has 0 aromatic carbocycles. The lowest BCUT2D eigenvalue weighted by Gasteiger charge is -2.60. The third kappa shape index (κ3) is 2.54. The summed E-state index contributed by atoms with van der Waals surface area (Å²) in [6, 6.07) is 0. The molecule has 0 bridgehead atoms. The summed E-state index contributed by atoms with van der Waals surface area (Å²) in [5, 5.41) is 0. The molecule has 168 valence electrons. The molecular weight excluding hydrogens is 372 g/mol. The molecule has 11 atom stereocenters. The molecule has 4 aliphatic carbocycles. The predicted molar refractivity (Wildman–Crippen MR) is 117 cm³/mol. The molecule has 30 heavy (non-hydrogen) atoms. The first-order valence-corrected chi connectivity index (χ1v) is 13.1. The predicted octanol–water partition coefficient (Wildman–Crippen LogP) is 6.00. The van der Waals surface area contributed by atoms with Gasteiger partial charge in [-0.3, -0.25) is 4.79 Å². The highest BCUT2D eigenvalue weighted by atomic mass is 16.7. The smallest absolute Gasteiger partial charge is 0.171 e. The molecule has 4 saturated carbocycles. The topological polar surface area (TPSA) is 35.5 Å². The Morgan fingerprint density at radius 3 is 2.53 bits per heavy atom. The van der Waals surface area contributed by atoms with E-state index in [1.807, 2.05) is 0 Å². The van der Waals surface area contributed by atoms with E-state index < -0.39 is 0 Å². The van der Waals surface area contributed by atoms with Crippen molar-refractivity contribution in [2.75, 3.05) is 6.61 Å². The lowest BCUT2D eigenvalue weighted by Crippen LogP contribution is -2.54. The van der Waals surface area contributed by atoms with Crippen LogP contribution in [0.2, 0.25) is 0 Å². The van der Waals surface area contributed by atoms with Crippen molar-refractivity contribution in [2.45, 2.75) is 104 Å². The van der Waals surface area contributed by atoms with Crippen LogP contribution in [0.4, 0.5) is 0 Å². The first-order chi connectivity index (χ1) is 14.3. The van der Waals surface area contributed by atoms with Gasteiger partial charge in [-0.15, -0.1) is 0 Å². The number of fused-ring (bicyclic) bond motifs is 7. The molecular formula is C27H42O3. The van der Waals surface area contributed by atoms with Crippen LogP contribution in [-0.2, 0) is 14.3 Å². The molecule has 0 N–H and O–H groups in total. The van der Waals surface area contributed by atoms with E-state index in [1.165, 1.54) is 38.5 Å². The van der Waals surface area contributed by atoms with Crippen LogP contribution >= 0.6 is 0 Å². The zero-order valence-corrected chi connectivity index (χ0v) is 19.6. The van der Waals surface area contributed by atoms with Crippen LogP contribution in [0.3, 0.4) is 0 Å². The Labute approximate surface area is 183 Å². The van der Waals surface area contributed by atoms with Gasteiger partial charge in [0.05, 0.1) is 12.7 Å². The Hall–Kier alpha value is -0.410. The monoisotopic (exact) mass is 414 g/mol. The van der Waals surface area contributed by atoms with Gasteiger partial charge in [0.25, 0.3) is 0 Å². The zero-order chi connectivity index (χ0) is 20.9. The summed E-state index contributed by atoms with van der Waals surface area (Å²) in [4.78, 5) is 12.2. The van der Waals surface area contributed by atoms with Crippen LogP contribution in [0.15, 0.2) is 0 Å². The maximum atomic E-state index is 12.2. The van der Waals surface area contributed by atoms with Gasteiger partial charge in [-0.25, -0.2) is 0 Å². The fourth-order valence-corrected chi connectivity index (χ4v) is 10.1. The van der Waals surface area contributed by atoms with E-state index in [9.17, 15) is 4.79 Å². The highest BCUT2D eigenvalue weighted by Crippen LogP contribution is 2.71. The zero-order valence-electron chi connectivity index (χ0n) is 19.6. The van der Waals surface area contributed by atoms with Gasteiger partial charge < -0.3 is 9.47 Å².